The van der Waals surface area contributed by atoms with E-state index >= 15 is 0 Å². The quantitative estimate of drug-likeness (QED) is 0.481. The summed E-state index contributed by atoms with van der Waals surface area (Å²) in [6.45, 7) is 1.78. The van der Waals surface area contributed by atoms with Crippen LogP contribution in [0.3, 0.4) is 0 Å². The Kier molecular flexibility index (Phi) is 4.39. The van der Waals surface area contributed by atoms with Gasteiger partial charge in [0, 0.05) is 6.42 Å². The molecule has 0 unspecified atom stereocenters. The number of thiophene rings is 1. The van der Waals surface area contributed by atoms with Gasteiger partial charge in [0.1, 0.15) is 5.01 Å². The second-order valence-electron chi connectivity index (χ2n) is 5.62. The first-order valence-corrected chi connectivity index (χ1v) is 10.2. The zero-order valence-corrected chi connectivity index (χ0v) is 16.0. The molecule has 0 bridgehead atoms. The Bertz CT molecular complexity index is 1110. The lowest BCUT2D eigenvalue weighted by Gasteiger charge is -2.01. The number of aryl methyl sites for hydroxylation is 1. The number of carbonyl (C=O) groups excluding carboxylic acids is 1. The van der Waals surface area contributed by atoms with Crippen molar-refractivity contribution in [2.75, 3.05) is 0 Å². The Balaban J connectivity index is 1.74. The number of benzene rings is 1. The van der Waals surface area contributed by atoms with Crippen LogP contribution in [0.2, 0.25) is 0 Å². The van der Waals surface area contributed by atoms with E-state index in [1.54, 1.807) is 17.8 Å². The number of rotatable bonds is 5. The highest BCUT2D eigenvalue weighted by Crippen LogP contribution is 2.38. The molecule has 0 radical (unpaired) electrons. The molecule has 1 aromatic carbocycles. The SMILES string of the molecule is Cc1ncsc1C(=O)Cc1csc(-c2nc3ccccc3s2)c1C(=O)O. The number of carboxylic acid groups (broad SMARTS) is 1. The van der Waals surface area contributed by atoms with Crippen LogP contribution in [0, 0.1) is 6.92 Å². The minimum absolute atomic E-state index is 0.0477. The molecule has 4 rings (SSSR count). The molecule has 0 aliphatic carbocycles. The number of carboxylic acids is 1. The van der Waals surface area contributed by atoms with Gasteiger partial charge < -0.3 is 5.11 Å². The number of aromatic carboxylic acids is 1. The number of aromatic nitrogens is 2. The third-order valence-electron chi connectivity index (χ3n) is 3.92. The molecule has 0 aliphatic heterocycles. The Morgan fingerprint density at radius 2 is 2.00 bits per heavy atom. The van der Waals surface area contributed by atoms with Crippen LogP contribution in [0.25, 0.3) is 20.1 Å². The second kappa shape index (κ2) is 6.71. The van der Waals surface area contributed by atoms with Crippen LogP contribution < -0.4 is 0 Å². The number of thiazole rings is 2. The molecule has 0 saturated heterocycles. The monoisotopic (exact) mass is 400 g/mol. The van der Waals surface area contributed by atoms with Crippen molar-refractivity contribution in [1.82, 2.24) is 9.97 Å². The van der Waals surface area contributed by atoms with E-state index in [0.717, 1.165) is 10.2 Å². The molecule has 0 aliphatic rings. The fourth-order valence-electron chi connectivity index (χ4n) is 2.71. The van der Waals surface area contributed by atoms with Gasteiger partial charge in [0.15, 0.2) is 5.78 Å². The molecule has 130 valence electrons. The van der Waals surface area contributed by atoms with Gasteiger partial charge in [-0.3, -0.25) is 4.79 Å². The van der Waals surface area contributed by atoms with Gasteiger partial charge in [-0.25, -0.2) is 14.8 Å². The topological polar surface area (TPSA) is 80.2 Å². The summed E-state index contributed by atoms with van der Waals surface area (Å²) in [7, 11) is 0. The van der Waals surface area contributed by atoms with E-state index < -0.39 is 5.97 Å². The Morgan fingerprint density at radius 1 is 1.19 bits per heavy atom. The van der Waals surface area contributed by atoms with Crippen molar-refractivity contribution in [3.05, 3.63) is 56.9 Å². The molecule has 3 aromatic heterocycles. The van der Waals surface area contributed by atoms with Gasteiger partial charge in [0.25, 0.3) is 0 Å². The lowest BCUT2D eigenvalue weighted by atomic mass is 10.0. The third kappa shape index (κ3) is 2.96. The minimum atomic E-state index is -1.04. The molecule has 0 spiro atoms. The van der Waals surface area contributed by atoms with Crippen molar-refractivity contribution in [1.29, 1.82) is 0 Å². The van der Waals surface area contributed by atoms with E-state index in [0.29, 0.717) is 26.0 Å². The van der Waals surface area contributed by atoms with Crippen LogP contribution in [0.5, 0.6) is 0 Å². The first kappa shape index (κ1) is 17.0. The number of hydrogen-bond donors (Lipinski definition) is 1. The maximum Gasteiger partial charge on any atom is 0.337 e. The minimum Gasteiger partial charge on any atom is -0.478 e. The first-order chi connectivity index (χ1) is 12.5. The molecular weight excluding hydrogens is 388 g/mol. The summed E-state index contributed by atoms with van der Waals surface area (Å²) < 4.78 is 1.00. The predicted octanol–water partition coefficient (Wildman–Crippen LogP) is 4.91. The Labute approximate surface area is 160 Å². The molecule has 3 heterocycles. The third-order valence-corrected chi connectivity index (χ3v) is 7.11. The highest BCUT2D eigenvalue weighted by Gasteiger charge is 2.24. The van der Waals surface area contributed by atoms with E-state index in [1.165, 1.54) is 34.0 Å². The molecule has 8 heteroatoms. The first-order valence-electron chi connectivity index (χ1n) is 7.67. The predicted molar refractivity (Wildman–Crippen MR) is 105 cm³/mol. The number of para-hydroxylation sites is 1. The lowest BCUT2D eigenvalue weighted by Crippen LogP contribution is -2.07. The van der Waals surface area contributed by atoms with Crippen LogP contribution in [-0.4, -0.2) is 26.8 Å². The average molecular weight is 401 g/mol. The zero-order chi connectivity index (χ0) is 18.3. The summed E-state index contributed by atoms with van der Waals surface area (Å²) in [5, 5.41) is 12.1. The summed E-state index contributed by atoms with van der Waals surface area (Å²) in [5.41, 5.74) is 3.84. The van der Waals surface area contributed by atoms with E-state index in [4.69, 9.17) is 0 Å². The molecule has 0 amide bonds. The van der Waals surface area contributed by atoms with Crippen molar-refractivity contribution in [3.63, 3.8) is 0 Å². The maximum absolute atomic E-state index is 12.5. The standard InChI is InChI=1S/C18H12N2O3S3/c1-9-15(25-8-19-9)12(21)6-10-7-24-16(14(10)18(22)23)17-20-11-4-2-3-5-13(11)26-17/h2-5,7-8H,6H2,1H3,(H,22,23). The van der Waals surface area contributed by atoms with E-state index in [1.807, 2.05) is 24.3 Å². The maximum atomic E-state index is 12.5. The summed E-state index contributed by atoms with van der Waals surface area (Å²) in [6.07, 6.45) is 0.0477. The van der Waals surface area contributed by atoms with Gasteiger partial charge in [-0.1, -0.05) is 12.1 Å². The number of hydrogen-bond acceptors (Lipinski definition) is 7. The summed E-state index contributed by atoms with van der Waals surface area (Å²) >= 11 is 4.06. The van der Waals surface area contributed by atoms with Gasteiger partial charge in [0.05, 0.1) is 36.7 Å². The van der Waals surface area contributed by atoms with Crippen molar-refractivity contribution >= 4 is 56.0 Å². The van der Waals surface area contributed by atoms with Crippen LogP contribution in [-0.2, 0) is 6.42 Å². The zero-order valence-electron chi connectivity index (χ0n) is 13.6. The van der Waals surface area contributed by atoms with Crippen LogP contribution in [0.1, 0.15) is 31.3 Å². The van der Waals surface area contributed by atoms with Gasteiger partial charge in [0.2, 0.25) is 0 Å². The van der Waals surface area contributed by atoms with Crippen LogP contribution in [0.15, 0.2) is 35.2 Å². The fraction of sp³-hybridized carbons (Fsp3) is 0.111. The van der Waals surface area contributed by atoms with Crippen LogP contribution >= 0.6 is 34.0 Å². The van der Waals surface area contributed by atoms with E-state index in [-0.39, 0.29) is 17.8 Å². The van der Waals surface area contributed by atoms with E-state index in [9.17, 15) is 14.7 Å². The van der Waals surface area contributed by atoms with Crippen molar-refractivity contribution in [3.8, 4) is 9.88 Å². The highest BCUT2D eigenvalue weighted by atomic mass is 32.1. The van der Waals surface area contributed by atoms with Gasteiger partial charge in [-0.2, -0.15) is 0 Å². The molecule has 5 nitrogen and oxygen atoms in total. The molecule has 1 N–H and O–H groups in total. The Morgan fingerprint density at radius 3 is 2.69 bits per heavy atom. The summed E-state index contributed by atoms with van der Waals surface area (Å²) in [6, 6.07) is 7.69. The van der Waals surface area contributed by atoms with E-state index in [2.05, 4.69) is 9.97 Å². The fourth-order valence-corrected chi connectivity index (χ4v) is 5.58. The summed E-state index contributed by atoms with van der Waals surface area (Å²) in [5.74, 6) is -1.15. The molecule has 4 aromatic rings. The van der Waals surface area contributed by atoms with Crippen molar-refractivity contribution in [2.45, 2.75) is 13.3 Å². The lowest BCUT2D eigenvalue weighted by molar-refractivity contribution is 0.0697. The smallest absolute Gasteiger partial charge is 0.337 e. The molecular formula is C18H12N2O3S3. The molecule has 26 heavy (non-hydrogen) atoms. The molecule has 0 fully saturated rings. The van der Waals surface area contributed by atoms with Crippen molar-refractivity contribution in [2.24, 2.45) is 0 Å². The number of nitrogens with zero attached hydrogens (tertiary/aromatic N) is 2. The number of Topliss-reactive ketones (excluding diaryl/α,β-unsaturated/α-hetero) is 1. The van der Waals surface area contributed by atoms with Gasteiger partial charge >= 0.3 is 5.97 Å². The Hall–Kier alpha value is -2.42. The largest absolute Gasteiger partial charge is 0.478 e. The van der Waals surface area contributed by atoms with Gasteiger partial charge in [-0.05, 0) is 30.0 Å². The number of carbonyl (C=O) groups is 2. The molecule has 0 atom stereocenters. The van der Waals surface area contributed by atoms with Crippen molar-refractivity contribution < 1.29 is 14.7 Å². The molecule has 0 saturated carbocycles. The summed E-state index contributed by atoms with van der Waals surface area (Å²) in [4.78, 5) is 34.2. The highest BCUT2D eigenvalue weighted by molar-refractivity contribution is 7.25. The normalized spacial score (nSPS) is 11.1. The second-order valence-corrected chi connectivity index (χ2v) is 8.39. The number of fused-ring (bicyclic) bond motifs is 1. The van der Waals surface area contributed by atoms with Crippen LogP contribution in [0.4, 0.5) is 0 Å². The van der Waals surface area contributed by atoms with Gasteiger partial charge in [-0.15, -0.1) is 34.0 Å². The average Bonchev–Trinajstić information content (AvgIpc) is 3.31. The number of ketones is 1.